The minimum atomic E-state index is -1.63. The van der Waals surface area contributed by atoms with Crippen molar-refractivity contribution in [3.8, 4) is 0 Å². The van der Waals surface area contributed by atoms with Crippen LogP contribution in [0.2, 0.25) is 0 Å². The average molecular weight is 1190 g/mol. The van der Waals surface area contributed by atoms with Gasteiger partial charge in [-0.1, -0.05) is 297 Å². The Morgan fingerprint density at radius 1 is 0.353 bits per heavy atom. The lowest BCUT2D eigenvalue weighted by Gasteiger charge is -2.26. The molecule has 0 aromatic rings. The molecular formula is C76H131NO8. The van der Waals surface area contributed by atoms with E-state index in [-0.39, 0.29) is 38.6 Å². The maximum absolute atomic E-state index is 12.9. The second kappa shape index (κ2) is 65.9. The maximum Gasteiger partial charge on any atom is 0.306 e. The third kappa shape index (κ3) is 67.3. The monoisotopic (exact) mass is 1190 g/mol. The van der Waals surface area contributed by atoms with Gasteiger partial charge in [-0.2, -0.15) is 0 Å². The predicted molar refractivity (Wildman–Crippen MR) is 361 cm³/mol. The number of carbonyl (C=O) groups excluding carboxylic acids is 3. The molecule has 0 heterocycles. The summed E-state index contributed by atoms with van der Waals surface area (Å²) in [7, 11) is 5.92. The number of esters is 2. The van der Waals surface area contributed by atoms with Gasteiger partial charge < -0.3 is 33.3 Å². The highest BCUT2D eigenvalue weighted by molar-refractivity contribution is 5.70. The van der Waals surface area contributed by atoms with E-state index in [0.29, 0.717) is 17.4 Å². The summed E-state index contributed by atoms with van der Waals surface area (Å²) in [5.41, 5.74) is 0. The van der Waals surface area contributed by atoms with Gasteiger partial charge in [0.2, 0.25) is 0 Å². The van der Waals surface area contributed by atoms with Crippen LogP contribution in [0, 0.1) is 0 Å². The molecule has 488 valence electrons. The first-order chi connectivity index (χ1) is 41.6. The number of ether oxygens (including phenoxy) is 4. The first-order valence-electron chi connectivity index (χ1n) is 35.0. The number of quaternary nitrogens is 1. The quantitative estimate of drug-likeness (QED) is 0.0195. The van der Waals surface area contributed by atoms with Crippen molar-refractivity contribution in [2.24, 2.45) is 0 Å². The van der Waals surface area contributed by atoms with Gasteiger partial charge in [0.15, 0.2) is 12.4 Å². The molecule has 0 fully saturated rings. The summed E-state index contributed by atoms with van der Waals surface area (Å²) >= 11 is 0. The van der Waals surface area contributed by atoms with Crippen molar-refractivity contribution < 1.29 is 42.9 Å². The van der Waals surface area contributed by atoms with Gasteiger partial charge in [0.25, 0.3) is 0 Å². The number of rotatable bonds is 64. The Bertz CT molecular complexity index is 1760. The van der Waals surface area contributed by atoms with Crippen molar-refractivity contribution in [2.75, 3.05) is 47.5 Å². The normalized spacial score (nSPS) is 13.4. The highest BCUT2D eigenvalue weighted by Crippen LogP contribution is 2.18. The molecule has 0 amide bonds. The predicted octanol–water partition coefficient (Wildman–Crippen LogP) is 20.5. The summed E-state index contributed by atoms with van der Waals surface area (Å²) < 4.78 is 22.8. The van der Waals surface area contributed by atoms with Gasteiger partial charge in [-0.05, 0) is 96.3 Å². The Labute approximate surface area is 524 Å². The van der Waals surface area contributed by atoms with E-state index in [1.54, 1.807) is 0 Å². The van der Waals surface area contributed by atoms with Crippen molar-refractivity contribution in [1.82, 2.24) is 0 Å². The molecule has 0 aliphatic carbocycles. The lowest BCUT2D eigenvalue weighted by molar-refractivity contribution is -0.870. The van der Waals surface area contributed by atoms with E-state index >= 15 is 0 Å². The molecule has 9 nitrogen and oxygen atoms in total. The molecular weight excluding hydrogens is 1050 g/mol. The Hall–Kier alpha value is -4.05. The van der Waals surface area contributed by atoms with Gasteiger partial charge in [-0.3, -0.25) is 9.59 Å². The lowest BCUT2D eigenvalue weighted by Crippen LogP contribution is -2.44. The summed E-state index contributed by atoms with van der Waals surface area (Å²) in [4.78, 5) is 37.5. The van der Waals surface area contributed by atoms with Crippen LogP contribution in [0.5, 0.6) is 0 Å². The molecule has 0 saturated heterocycles. The van der Waals surface area contributed by atoms with Crippen molar-refractivity contribution in [1.29, 1.82) is 0 Å². The number of aliphatic carboxylic acids is 1. The smallest absolute Gasteiger partial charge is 0.306 e. The Morgan fingerprint density at radius 3 is 0.941 bits per heavy atom. The second-order valence-electron chi connectivity index (χ2n) is 24.4. The summed E-state index contributed by atoms with van der Waals surface area (Å²) in [5, 5.41) is 11.8. The molecule has 2 unspecified atom stereocenters. The Balaban J connectivity index is 4.05. The summed E-state index contributed by atoms with van der Waals surface area (Å²) in [6, 6.07) is 0. The maximum atomic E-state index is 12.9. The first kappa shape index (κ1) is 81.0. The lowest BCUT2D eigenvalue weighted by atomic mass is 10.0. The van der Waals surface area contributed by atoms with Crippen LogP contribution >= 0.6 is 0 Å². The number of unbranched alkanes of at least 4 members (excludes halogenated alkanes) is 31. The third-order valence-electron chi connectivity index (χ3n) is 15.0. The topological polar surface area (TPSA) is 111 Å². The van der Waals surface area contributed by atoms with Crippen LogP contribution in [-0.2, 0) is 33.3 Å². The molecule has 0 N–H and O–H groups in total. The van der Waals surface area contributed by atoms with Crippen molar-refractivity contribution in [3.63, 3.8) is 0 Å². The van der Waals surface area contributed by atoms with E-state index in [9.17, 15) is 19.5 Å². The third-order valence-corrected chi connectivity index (χ3v) is 15.0. The number of carboxylic acid groups (broad SMARTS) is 1. The summed E-state index contributed by atoms with van der Waals surface area (Å²) in [5.74, 6) is -2.29. The first-order valence-corrected chi connectivity index (χ1v) is 35.0. The van der Waals surface area contributed by atoms with E-state index in [0.717, 1.165) is 103 Å². The van der Waals surface area contributed by atoms with Crippen LogP contribution in [0.4, 0.5) is 0 Å². The van der Waals surface area contributed by atoms with Crippen molar-refractivity contribution >= 4 is 17.9 Å². The van der Waals surface area contributed by atoms with Crippen molar-refractivity contribution in [2.45, 2.75) is 309 Å². The number of allylic oxidation sites excluding steroid dienone is 18. The van der Waals surface area contributed by atoms with Crippen LogP contribution in [0.1, 0.15) is 296 Å². The second-order valence-corrected chi connectivity index (χ2v) is 24.4. The number of likely N-dealkylation sites (N-methyl/N-ethyl adjacent to an activating group) is 1. The fourth-order valence-electron chi connectivity index (χ4n) is 9.73. The molecule has 0 aromatic carbocycles. The van der Waals surface area contributed by atoms with Gasteiger partial charge in [-0.15, -0.1) is 0 Å². The van der Waals surface area contributed by atoms with Crippen LogP contribution < -0.4 is 5.11 Å². The fraction of sp³-hybridized carbons (Fsp3) is 0.724. The van der Waals surface area contributed by atoms with Crippen molar-refractivity contribution in [3.05, 3.63) is 109 Å². The molecule has 85 heavy (non-hydrogen) atoms. The van der Waals surface area contributed by atoms with Crippen LogP contribution in [0.25, 0.3) is 0 Å². The molecule has 0 rings (SSSR count). The van der Waals surface area contributed by atoms with Crippen LogP contribution in [0.3, 0.4) is 0 Å². The van der Waals surface area contributed by atoms with Gasteiger partial charge in [0, 0.05) is 12.8 Å². The molecule has 2 atom stereocenters. The van der Waals surface area contributed by atoms with E-state index < -0.39 is 24.3 Å². The largest absolute Gasteiger partial charge is 0.545 e. The van der Waals surface area contributed by atoms with E-state index in [1.807, 2.05) is 21.1 Å². The van der Waals surface area contributed by atoms with Gasteiger partial charge in [0.05, 0.1) is 40.3 Å². The Morgan fingerprint density at radius 2 is 0.635 bits per heavy atom. The summed E-state index contributed by atoms with van der Waals surface area (Å²) in [6.45, 7) is 4.53. The van der Waals surface area contributed by atoms with E-state index in [2.05, 4.69) is 123 Å². The zero-order valence-electron chi connectivity index (χ0n) is 55.7. The van der Waals surface area contributed by atoms with Crippen LogP contribution in [-0.4, -0.2) is 82.3 Å². The van der Waals surface area contributed by atoms with Gasteiger partial charge in [0.1, 0.15) is 13.2 Å². The molecule has 0 spiro atoms. The molecule has 0 saturated carbocycles. The van der Waals surface area contributed by atoms with Gasteiger partial charge >= 0.3 is 11.9 Å². The number of hydrogen-bond donors (Lipinski definition) is 0. The fourth-order valence-corrected chi connectivity index (χ4v) is 9.73. The molecule has 9 heteroatoms. The molecule has 0 aliphatic heterocycles. The zero-order chi connectivity index (χ0) is 61.9. The Kier molecular flexibility index (Phi) is 62.8. The minimum absolute atomic E-state index is 0.142. The van der Waals surface area contributed by atoms with E-state index in [1.165, 1.54) is 161 Å². The number of carboxylic acids is 1. The molecule has 0 aromatic heterocycles. The van der Waals surface area contributed by atoms with Gasteiger partial charge in [-0.25, -0.2) is 0 Å². The zero-order valence-corrected chi connectivity index (χ0v) is 55.7. The average Bonchev–Trinajstić information content (AvgIpc) is 3.49. The highest BCUT2D eigenvalue weighted by Gasteiger charge is 2.22. The minimum Gasteiger partial charge on any atom is -0.545 e. The SMILES string of the molecule is CC/C=C\C/C=C\C/C=C\C/C=C\C/C=C\CCCCCCCCCC(=O)OC(COC(=O)CCCCCCCCCCCCCCCCCCCCCCCCCC/C=C\C/C=C\C/C=C\C/C=C\CC)COC(OCC[N+](C)(C)C)C(=O)[O-]. The van der Waals surface area contributed by atoms with E-state index in [4.69, 9.17) is 18.9 Å². The molecule has 0 aliphatic rings. The molecule has 0 bridgehead atoms. The molecule has 0 radical (unpaired) electrons. The summed E-state index contributed by atoms with van der Waals surface area (Å²) in [6.07, 6.45) is 88.9. The van der Waals surface area contributed by atoms with Crippen LogP contribution in [0.15, 0.2) is 109 Å². The highest BCUT2D eigenvalue weighted by atomic mass is 16.7. The number of hydrogen-bond acceptors (Lipinski definition) is 8. The number of carbonyl (C=O) groups is 3. The number of nitrogens with zero attached hydrogens (tertiary/aromatic N) is 1. The standard InChI is InChI=1S/C76H131NO8/c1-6-8-10-12-14-16-18-20-22-24-26-28-30-31-32-33-34-35-36-37-38-39-40-41-42-43-45-46-48-50-52-54-56-58-60-62-64-66-73(78)83-70-72(71-84-76(75(80)81)82-69-68-77(3,4)5)85-74(79)67-65-63-61-59-57-55-53-51-49-47-44-29-27-25-23-21-19-17-15-13-11-9-7-2/h8-11,14-17,20-23,26-29,47,49,72,76H,6-7,12-13,18-19,24-25,30-46,48,50-71H2,1-5H3/b10-8-,11-9-,16-14-,17-15-,22-20-,23-21-,28-26-,29-27-,49-47-.